The molecule has 8 heteroatoms. The smallest absolute Gasteiger partial charge is 0.259 e. The van der Waals surface area contributed by atoms with Crippen molar-refractivity contribution >= 4 is 21.8 Å². The molecular formula is C17H32N2O4S2. The van der Waals surface area contributed by atoms with Crippen molar-refractivity contribution in [1.82, 2.24) is 4.31 Å². The Kier molecular flexibility index (Phi) is 11.2. The van der Waals surface area contributed by atoms with Gasteiger partial charge in [-0.05, 0) is 12.8 Å². The molecule has 0 aromatic rings. The molecule has 1 aliphatic rings. The third-order valence-electron chi connectivity index (χ3n) is 4.31. The van der Waals surface area contributed by atoms with Crippen LogP contribution in [0.15, 0.2) is 11.2 Å². The highest BCUT2D eigenvalue weighted by atomic mass is 32.2. The number of hydrogen-bond donors (Lipinski definition) is 0. The fraction of sp³-hybridized carbons (Fsp3) is 0.882. The summed E-state index contributed by atoms with van der Waals surface area (Å²) in [7, 11) is -3.45. The van der Waals surface area contributed by atoms with Gasteiger partial charge in [0.15, 0.2) is 5.03 Å². The third kappa shape index (κ3) is 9.49. The molecule has 0 aromatic carbocycles. The first kappa shape index (κ1) is 22.3. The summed E-state index contributed by atoms with van der Waals surface area (Å²) in [5.41, 5.74) is 0. The van der Waals surface area contributed by atoms with Gasteiger partial charge in [0.2, 0.25) is 10.0 Å². The molecule has 0 saturated carbocycles. The van der Waals surface area contributed by atoms with E-state index in [1.807, 2.05) is 0 Å². The van der Waals surface area contributed by atoms with E-state index in [9.17, 15) is 18.5 Å². The van der Waals surface area contributed by atoms with E-state index in [1.54, 1.807) is 0 Å². The van der Waals surface area contributed by atoms with Crippen LogP contribution < -0.4 is 0 Å². The van der Waals surface area contributed by atoms with Gasteiger partial charge >= 0.3 is 0 Å². The number of hydrogen-bond acceptors (Lipinski definition) is 5. The average molecular weight is 393 g/mol. The lowest BCUT2D eigenvalue weighted by Crippen LogP contribution is -2.35. The van der Waals surface area contributed by atoms with Gasteiger partial charge in [-0.2, -0.15) is 0 Å². The van der Waals surface area contributed by atoms with Crippen molar-refractivity contribution in [3.05, 3.63) is 21.3 Å². The van der Waals surface area contributed by atoms with Crippen LogP contribution in [-0.4, -0.2) is 35.7 Å². The molecule has 0 atom stereocenters. The van der Waals surface area contributed by atoms with Crippen molar-refractivity contribution in [2.45, 2.75) is 77.6 Å². The first-order valence-electron chi connectivity index (χ1n) is 9.46. The van der Waals surface area contributed by atoms with E-state index in [0.29, 0.717) is 13.0 Å². The Morgan fingerprint density at radius 2 is 1.64 bits per heavy atom. The van der Waals surface area contributed by atoms with Crippen molar-refractivity contribution < 1.29 is 13.3 Å². The molecular weight excluding hydrogens is 360 g/mol. The summed E-state index contributed by atoms with van der Waals surface area (Å²) in [5, 5.41) is 10.9. The van der Waals surface area contributed by atoms with Crippen molar-refractivity contribution in [2.24, 2.45) is 0 Å². The Hall–Kier alpha value is -0.760. The fourth-order valence-corrected chi connectivity index (χ4v) is 5.81. The molecule has 1 fully saturated rings. The lowest BCUT2D eigenvalue weighted by molar-refractivity contribution is -0.403. The van der Waals surface area contributed by atoms with Crippen LogP contribution in [0.5, 0.6) is 0 Å². The zero-order valence-corrected chi connectivity index (χ0v) is 17.0. The summed E-state index contributed by atoms with van der Waals surface area (Å²) >= 11 is 1.25. The van der Waals surface area contributed by atoms with E-state index in [4.69, 9.17) is 0 Å². The van der Waals surface area contributed by atoms with Gasteiger partial charge in [-0.25, -0.2) is 8.42 Å². The Bertz CT molecular complexity index is 521. The first-order valence-corrected chi connectivity index (χ1v) is 12.1. The number of thioether (sulfide) groups is 1. The topological polar surface area (TPSA) is 80.5 Å². The molecule has 0 spiro atoms. The highest BCUT2D eigenvalue weighted by molar-refractivity contribution is 8.04. The molecule has 1 heterocycles. The van der Waals surface area contributed by atoms with Gasteiger partial charge in [-0.1, -0.05) is 64.7 Å². The second kappa shape index (κ2) is 12.6. The molecule has 0 aromatic heterocycles. The molecule has 6 nitrogen and oxygen atoms in total. The quantitative estimate of drug-likeness (QED) is 0.257. The Morgan fingerprint density at radius 3 is 2.20 bits per heavy atom. The molecule has 1 saturated heterocycles. The fourth-order valence-electron chi connectivity index (χ4n) is 2.92. The van der Waals surface area contributed by atoms with Crippen LogP contribution >= 0.6 is 11.8 Å². The van der Waals surface area contributed by atoms with E-state index in [0.717, 1.165) is 37.6 Å². The summed E-state index contributed by atoms with van der Waals surface area (Å²) in [4.78, 5) is 10.1. The van der Waals surface area contributed by atoms with Crippen LogP contribution in [0.2, 0.25) is 0 Å². The molecule has 0 aliphatic carbocycles. The van der Waals surface area contributed by atoms with Gasteiger partial charge in [0.05, 0.1) is 10.7 Å². The highest BCUT2D eigenvalue weighted by Crippen LogP contribution is 2.29. The van der Waals surface area contributed by atoms with Crippen LogP contribution in [0, 0.1) is 10.1 Å². The van der Waals surface area contributed by atoms with Gasteiger partial charge in [0.1, 0.15) is 0 Å². The Morgan fingerprint density at radius 1 is 1.08 bits per heavy atom. The van der Waals surface area contributed by atoms with Crippen molar-refractivity contribution in [1.29, 1.82) is 0 Å². The Balaban J connectivity index is 2.25. The summed E-state index contributed by atoms with van der Waals surface area (Å²) in [6, 6.07) is 0. The standard InChI is InChI=1S/C17H32N2O4S2/c1-2-3-4-5-6-7-8-9-10-11-15-25(22,23)18-13-12-14-24-17(18)16-19(20)21/h16H,2-15H2,1H3. The second-order valence-electron chi connectivity index (χ2n) is 6.52. The van der Waals surface area contributed by atoms with Crippen LogP contribution in [0.1, 0.15) is 77.6 Å². The zero-order chi connectivity index (χ0) is 18.5. The lowest BCUT2D eigenvalue weighted by atomic mass is 10.1. The molecule has 25 heavy (non-hydrogen) atoms. The average Bonchev–Trinajstić information content (AvgIpc) is 2.56. The molecule has 0 unspecified atom stereocenters. The molecule has 1 aliphatic heterocycles. The largest absolute Gasteiger partial charge is 0.265 e. The van der Waals surface area contributed by atoms with Crippen LogP contribution in [0.4, 0.5) is 0 Å². The molecule has 0 N–H and O–H groups in total. The summed E-state index contributed by atoms with van der Waals surface area (Å²) < 4.78 is 26.2. The van der Waals surface area contributed by atoms with Crippen LogP contribution in [-0.2, 0) is 10.0 Å². The predicted molar refractivity (Wildman–Crippen MR) is 104 cm³/mol. The molecule has 0 amide bonds. The monoisotopic (exact) mass is 392 g/mol. The molecule has 0 bridgehead atoms. The Labute approximate surface area is 156 Å². The summed E-state index contributed by atoms with van der Waals surface area (Å²) in [5.74, 6) is 0.809. The van der Waals surface area contributed by atoms with E-state index in [2.05, 4.69) is 6.92 Å². The maximum absolute atomic E-state index is 12.5. The third-order valence-corrected chi connectivity index (χ3v) is 7.39. The SMILES string of the molecule is CCCCCCCCCCCCS(=O)(=O)N1CCCSC1=C[N+](=O)[O-]. The van der Waals surface area contributed by atoms with Crippen LogP contribution in [0.25, 0.3) is 0 Å². The van der Waals surface area contributed by atoms with Crippen LogP contribution in [0.3, 0.4) is 0 Å². The summed E-state index contributed by atoms with van der Waals surface area (Å²) in [6.07, 6.45) is 13.0. The highest BCUT2D eigenvalue weighted by Gasteiger charge is 2.29. The van der Waals surface area contributed by atoms with Crippen molar-refractivity contribution in [3.63, 3.8) is 0 Å². The van der Waals surface area contributed by atoms with Gasteiger partial charge in [0, 0.05) is 12.3 Å². The number of unbranched alkanes of at least 4 members (excludes halogenated alkanes) is 9. The van der Waals surface area contributed by atoms with E-state index in [-0.39, 0.29) is 10.8 Å². The first-order chi connectivity index (χ1) is 12.0. The number of rotatable bonds is 13. The molecule has 146 valence electrons. The maximum atomic E-state index is 12.5. The normalized spacial score (nSPS) is 17.2. The lowest BCUT2D eigenvalue weighted by Gasteiger charge is -2.28. The number of sulfonamides is 1. The number of nitrogens with zero attached hydrogens (tertiary/aromatic N) is 2. The summed E-state index contributed by atoms with van der Waals surface area (Å²) in [6.45, 7) is 2.57. The van der Waals surface area contributed by atoms with Gasteiger partial charge < -0.3 is 0 Å². The maximum Gasteiger partial charge on any atom is 0.265 e. The minimum absolute atomic E-state index is 0.0825. The van der Waals surface area contributed by atoms with Gasteiger partial charge in [-0.3, -0.25) is 14.4 Å². The molecule has 0 radical (unpaired) electrons. The predicted octanol–water partition coefficient (Wildman–Crippen LogP) is 4.75. The van der Waals surface area contributed by atoms with Crippen molar-refractivity contribution in [3.8, 4) is 0 Å². The van der Waals surface area contributed by atoms with E-state index in [1.165, 1.54) is 54.6 Å². The second-order valence-corrected chi connectivity index (χ2v) is 9.65. The van der Waals surface area contributed by atoms with Crippen molar-refractivity contribution in [2.75, 3.05) is 18.1 Å². The molecule has 1 rings (SSSR count). The minimum Gasteiger partial charge on any atom is -0.259 e. The van der Waals surface area contributed by atoms with E-state index < -0.39 is 14.9 Å². The zero-order valence-electron chi connectivity index (χ0n) is 15.3. The van der Waals surface area contributed by atoms with E-state index >= 15 is 0 Å². The number of nitro groups is 1. The van der Waals surface area contributed by atoms with Gasteiger partial charge in [0.25, 0.3) is 6.20 Å². The van der Waals surface area contributed by atoms with Gasteiger partial charge in [-0.15, -0.1) is 11.8 Å². The minimum atomic E-state index is -3.45.